The first-order valence-corrected chi connectivity index (χ1v) is 9.69. The lowest BCUT2D eigenvalue weighted by Crippen LogP contribution is -2.47. The zero-order chi connectivity index (χ0) is 19.5. The van der Waals surface area contributed by atoms with Gasteiger partial charge in [0.25, 0.3) is 0 Å². The summed E-state index contributed by atoms with van der Waals surface area (Å²) in [6, 6.07) is 14.5. The van der Waals surface area contributed by atoms with Crippen LogP contribution in [0.5, 0.6) is 0 Å². The van der Waals surface area contributed by atoms with E-state index in [-0.39, 0.29) is 0 Å². The van der Waals surface area contributed by atoms with E-state index in [0.29, 0.717) is 0 Å². The number of nitrogens with zero attached hydrogens (tertiary/aromatic N) is 5. The standard InChI is InChI=1S/C22H26N6/c1-16-7-8-19(17(2)14-16)26-20-15-22(25-18(3)24-20)28-12-10-27(11-13-28)21-6-4-5-9-23-21/h4-9,14-15H,10-13H2,1-3H3,(H,24,25,26). The summed E-state index contributed by atoms with van der Waals surface area (Å²) >= 11 is 0. The first kappa shape index (κ1) is 18.2. The number of benzene rings is 1. The highest BCUT2D eigenvalue weighted by molar-refractivity contribution is 5.63. The average Bonchev–Trinajstić information content (AvgIpc) is 2.70. The van der Waals surface area contributed by atoms with Crippen LogP contribution in [0.1, 0.15) is 17.0 Å². The second-order valence-electron chi connectivity index (χ2n) is 7.26. The zero-order valence-electron chi connectivity index (χ0n) is 16.7. The summed E-state index contributed by atoms with van der Waals surface area (Å²) in [7, 11) is 0. The van der Waals surface area contributed by atoms with Crippen LogP contribution in [-0.4, -0.2) is 41.1 Å². The van der Waals surface area contributed by atoms with Crippen molar-refractivity contribution in [3.63, 3.8) is 0 Å². The molecular formula is C22H26N6. The van der Waals surface area contributed by atoms with Gasteiger partial charge in [-0.25, -0.2) is 15.0 Å². The average molecular weight is 374 g/mol. The van der Waals surface area contributed by atoms with E-state index in [9.17, 15) is 0 Å². The van der Waals surface area contributed by atoms with Crippen LogP contribution in [0.4, 0.5) is 23.1 Å². The van der Waals surface area contributed by atoms with Gasteiger partial charge in [-0.05, 0) is 44.5 Å². The maximum atomic E-state index is 4.67. The third-order valence-corrected chi connectivity index (χ3v) is 5.05. The number of piperazine rings is 1. The second kappa shape index (κ2) is 7.84. The summed E-state index contributed by atoms with van der Waals surface area (Å²) < 4.78 is 0. The summed E-state index contributed by atoms with van der Waals surface area (Å²) in [4.78, 5) is 18.4. The maximum absolute atomic E-state index is 4.67. The minimum absolute atomic E-state index is 0.775. The second-order valence-corrected chi connectivity index (χ2v) is 7.26. The van der Waals surface area contributed by atoms with Crippen LogP contribution in [0, 0.1) is 20.8 Å². The summed E-state index contributed by atoms with van der Waals surface area (Å²) in [5, 5.41) is 3.46. The normalized spacial score (nSPS) is 14.2. The van der Waals surface area contributed by atoms with Crippen LogP contribution in [-0.2, 0) is 0 Å². The van der Waals surface area contributed by atoms with Gasteiger partial charge < -0.3 is 15.1 Å². The molecule has 0 spiro atoms. The van der Waals surface area contributed by atoms with Gasteiger partial charge in [-0.15, -0.1) is 0 Å². The molecule has 0 unspecified atom stereocenters. The molecule has 1 aromatic carbocycles. The summed E-state index contributed by atoms with van der Waals surface area (Å²) in [6.45, 7) is 9.85. The van der Waals surface area contributed by atoms with Gasteiger partial charge in [0.05, 0.1) is 0 Å². The Labute approximate surface area is 166 Å². The molecule has 0 aliphatic carbocycles. The van der Waals surface area contributed by atoms with E-state index >= 15 is 0 Å². The van der Waals surface area contributed by atoms with Crippen LogP contribution in [0.15, 0.2) is 48.7 Å². The molecule has 144 valence electrons. The number of hydrogen-bond donors (Lipinski definition) is 1. The van der Waals surface area contributed by atoms with Crippen molar-refractivity contribution in [2.45, 2.75) is 20.8 Å². The van der Waals surface area contributed by atoms with E-state index in [1.807, 2.05) is 31.3 Å². The summed E-state index contributed by atoms with van der Waals surface area (Å²) in [6.07, 6.45) is 1.85. The molecule has 1 fully saturated rings. The SMILES string of the molecule is Cc1ccc(Nc2cc(N3CCN(c4ccccn4)CC3)nc(C)n2)c(C)c1. The van der Waals surface area contributed by atoms with Crippen LogP contribution < -0.4 is 15.1 Å². The van der Waals surface area contributed by atoms with E-state index in [1.165, 1.54) is 11.1 Å². The van der Waals surface area contributed by atoms with Gasteiger partial charge in [-0.2, -0.15) is 0 Å². The molecule has 1 aliphatic heterocycles. The fourth-order valence-corrected chi connectivity index (χ4v) is 3.58. The van der Waals surface area contributed by atoms with E-state index in [2.05, 4.69) is 68.2 Å². The van der Waals surface area contributed by atoms with Gasteiger partial charge in [0.15, 0.2) is 0 Å². The number of aromatic nitrogens is 3. The highest BCUT2D eigenvalue weighted by atomic mass is 15.3. The van der Waals surface area contributed by atoms with Crippen molar-refractivity contribution < 1.29 is 0 Å². The van der Waals surface area contributed by atoms with Gasteiger partial charge in [-0.3, -0.25) is 0 Å². The topological polar surface area (TPSA) is 57.2 Å². The molecule has 0 saturated carbocycles. The fraction of sp³-hybridized carbons (Fsp3) is 0.318. The lowest BCUT2D eigenvalue weighted by Gasteiger charge is -2.36. The third-order valence-electron chi connectivity index (χ3n) is 5.05. The monoisotopic (exact) mass is 374 g/mol. The Balaban J connectivity index is 1.48. The van der Waals surface area contributed by atoms with Crippen molar-refractivity contribution in [3.05, 3.63) is 65.6 Å². The molecule has 3 heterocycles. The van der Waals surface area contributed by atoms with Gasteiger partial charge in [0.2, 0.25) is 0 Å². The van der Waals surface area contributed by atoms with E-state index in [0.717, 1.165) is 55.1 Å². The van der Waals surface area contributed by atoms with Crippen molar-refractivity contribution in [3.8, 4) is 0 Å². The van der Waals surface area contributed by atoms with Crippen LogP contribution in [0.25, 0.3) is 0 Å². The van der Waals surface area contributed by atoms with Crippen molar-refractivity contribution in [1.82, 2.24) is 15.0 Å². The van der Waals surface area contributed by atoms with Crippen molar-refractivity contribution in [1.29, 1.82) is 0 Å². The molecule has 1 N–H and O–H groups in total. The van der Waals surface area contributed by atoms with E-state index in [4.69, 9.17) is 0 Å². The number of anilines is 4. The molecule has 6 heteroatoms. The Kier molecular flexibility index (Phi) is 5.10. The first-order chi connectivity index (χ1) is 13.6. The lowest BCUT2D eigenvalue weighted by molar-refractivity contribution is 0.640. The van der Waals surface area contributed by atoms with E-state index < -0.39 is 0 Å². The first-order valence-electron chi connectivity index (χ1n) is 9.69. The number of hydrogen-bond acceptors (Lipinski definition) is 6. The zero-order valence-corrected chi connectivity index (χ0v) is 16.7. The molecule has 0 radical (unpaired) electrons. The largest absolute Gasteiger partial charge is 0.353 e. The van der Waals surface area contributed by atoms with Crippen LogP contribution >= 0.6 is 0 Å². The van der Waals surface area contributed by atoms with Crippen molar-refractivity contribution >= 4 is 23.1 Å². The summed E-state index contributed by atoms with van der Waals surface area (Å²) in [5.41, 5.74) is 3.55. The highest BCUT2D eigenvalue weighted by Crippen LogP contribution is 2.24. The molecule has 4 rings (SSSR count). The Morgan fingerprint density at radius 3 is 2.25 bits per heavy atom. The van der Waals surface area contributed by atoms with Crippen LogP contribution in [0.2, 0.25) is 0 Å². The molecule has 0 amide bonds. The number of pyridine rings is 1. The van der Waals surface area contributed by atoms with Gasteiger partial charge in [0, 0.05) is 44.1 Å². The fourth-order valence-electron chi connectivity index (χ4n) is 3.58. The van der Waals surface area contributed by atoms with Gasteiger partial charge in [0.1, 0.15) is 23.3 Å². The smallest absolute Gasteiger partial charge is 0.136 e. The van der Waals surface area contributed by atoms with Crippen molar-refractivity contribution in [2.24, 2.45) is 0 Å². The number of aryl methyl sites for hydroxylation is 3. The number of nitrogens with one attached hydrogen (secondary N) is 1. The molecule has 28 heavy (non-hydrogen) atoms. The Morgan fingerprint density at radius 1 is 0.821 bits per heavy atom. The molecule has 2 aromatic heterocycles. The van der Waals surface area contributed by atoms with Crippen LogP contribution in [0.3, 0.4) is 0 Å². The minimum atomic E-state index is 0.775. The number of rotatable bonds is 4. The van der Waals surface area contributed by atoms with Crippen molar-refractivity contribution in [2.75, 3.05) is 41.3 Å². The molecule has 3 aromatic rings. The molecule has 0 atom stereocenters. The quantitative estimate of drug-likeness (QED) is 0.748. The molecule has 0 bridgehead atoms. The summed E-state index contributed by atoms with van der Waals surface area (Å²) in [5.74, 6) is 3.62. The maximum Gasteiger partial charge on any atom is 0.136 e. The highest BCUT2D eigenvalue weighted by Gasteiger charge is 2.20. The third kappa shape index (κ3) is 4.06. The Hall–Kier alpha value is -3.15. The molecule has 6 nitrogen and oxygen atoms in total. The van der Waals surface area contributed by atoms with Gasteiger partial charge in [-0.1, -0.05) is 23.8 Å². The Morgan fingerprint density at radius 2 is 1.57 bits per heavy atom. The minimum Gasteiger partial charge on any atom is -0.353 e. The Bertz CT molecular complexity index is 948. The van der Waals surface area contributed by atoms with Gasteiger partial charge >= 0.3 is 0 Å². The molecule has 1 saturated heterocycles. The predicted octanol–water partition coefficient (Wildman–Crippen LogP) is 3.87. The molecular weight excluding hydrogens is 348 g/mol. The molecule has 1 aliphatic rings. The van der Waals surface area contributed by atoms with E-state index in [1.54, 1.807) is 0 Å². The lowest BCUT2D eigenvalue weighted by atomic mass is 10.1. The predicted molar refractivity (Wildman–Crippen MR) is 115 cm³/mol.